The number of carbonyl (C=O) groups excluding carboxylic acids is 1. The molecule has 2 atom stereocenters. The normalized spacial score (nSPS) is 15.0. The van der Waals surface area contributed by atoms with Gasteiger partial charge in [0.2, 0.25) is 0 Å². The molecule has 2 unspecified atom stereocenters. The van der Waals surface area contributed by atoms with Gasteiger partial charge in [-0.25, -0.2) is 4.79 Å². The first kappa shape index (κ1) is 36.5. The third-order valence-electron chi connectivity index (χ3n) is 9.44. The van der Waals surface area contributed by atoms with E-state index in [2.05, 4.69) is 89.8 Å². The van der Waals surface area contributed by atoms with Crippen LogP contribution in [0, 0.1) is 0 Å². The average Bonchev–Trinajstić information content (AvgIpc) is 3.13. The third-order valence-corrected chi connectivity index (χ3v) is 9.44. The van der Waals surface area contributed by atoms with Crippen molar-refractivity contribution in [1.29, 1.82) is 0 Å². The second-order valence-corrected chi connectivity index (χ2v) is 13.1. The lowest BCUT2D eigenvalue weighted by atomic mass is 10.0. The van der Waals surface area contributed by atoms with Gasteiger partial charge >= 0.3 is 5.97 Å². The van der Waals surface area contributed by atoms with Gasteiger partial charge in [0.05, 0.1) is 19.8 Å². The SMILES string of the molecule is CN(CCCCCc1ccc2ccccc2c1)C(=O)C(OCCCCCc1ccc2ccccc2c1)C(OCCN1CCOCC1)C(=O)O. The molecular weight excluding hydrogens is 616 g/mol. The van der Waals surface area contributed by atoms with Crippen molar-refractivity contribution >= 4 is 33.4 Å². The summed E-state index contributed by atoms with van der Waals surface area (Å²) in [5.74, 6) is -1.52. The van der Waals surface area contributed by atoms with Crippen LogP contribution in [0.15, 0.2) is 84.9 Å². The average molecular weight is 669 g/mol. The zero-order valence-corrected chi connectivity index (χ0v) is 28.9. The van der Waals surface area contributed by atoms with E-state index in [0.717, 1.165) is 64.5 Å². The Kier molecular flexibility index (Phi) is 14.4. The highest BCUT2D eigenvalue weighted by atomic mass is 16.6. The van der Waals surface area contributed by atoms with Gasteiger partial charge < -0.3 is 24.2 Å². The van der Waals surface area contributed by atoms with Gasteiger partial charge in [-0.3, -0.25) is 9.69 Å². The number of fused-ring (bicyclic) bond motifs is 2. The van der Waals surface area contributed by atoms with Crippen LogP contribution in [0.1, 0.15) is 49.7 Å². The Balaban J connectivity index is 1.10. The van der Waals surface area contributed by atoms with Crippen LogP contribution in [0.2, 0.25) is 0 Å². The van der Waals surface area contributed by atoms with E-state index in [1.165, 1.54) is 32.7 Å². The summed E-state index contributed by atoms with van der Waals surface area (Å²) in [4.78, 5) is 29.9. The molecule has 4 aromatic carbocycles. The summed E-state index contributed by atoms with van der Waals surface area (Å²) >= 11 is 0. The fourth-order valence-electron chi connectivity index (χ4n) is 6.50. The van der Waals surface area contributed by atoms with Gasteiger partial charge in [0.25, 0.3) is 5.91 Å². The maximum absolute atomic E-state index is 13.7. The van der Waals surface area contributed by atoms with E-state index in [0.29, 0.717) is 32.9 Å². The summed E-state index contributed by atoms with van der Waals surface area (Å²) in [6, 6.07) is 29.9. The molecule has 0 bridgehead atoms. The first-order chi connectivity index (χ1) is 24.0. The zero-order valence-electron chi connectivity index (χ0n) is 28.9. The van der Waals surface area contributed by atoms with Gasteiger partial charge in [-0.15, -0.1) is 0 Å². The molecule has 49 heavy (non-hydrogen) atoms. The predicted molar refractivity (Wildman–Crippen MR) is 195 cm³/mol. The smallest absolute Gasteiger partial charge is 0.336 e. The molecule has 262 valence electrons. The molecule has 8 nitrogen and oxygen atoms in total. The number of aryl methyl sites for hydroxylation is 2. The van der Waals surface area contributed by atoms with Crippen molar-refractivity contribution in [1.82, 2.24) is 9.80 Å². The molecule has 5 rings (SSSR count). The van der Waals surface area contributed by atoms with Crippen LogP contribution < -0.4 is 0 Å². The van der Waals surface area contributed by atoms with Crippen molar-refractivity contribution < 1.29 is 28.9 Å². The number of aliphatic carboxylic acids is 1. The van der Waals surface area contributed by atoms with Gasteiger partial charge in [-0.2, -0.15) is 0 Å². The first-order valence-corrected chi connectivity index (χ1v) is 17.9. The molecule has 0 aliphatic carbocycles. The van der Waals surface area contributed by atoms with Gasteiger partial charge in [0.1, 0.15) is 0 Å². The molecule has 1 heterocycles. The van der Waals surface area contributed by atoms with E-state index in [-0.39, 0.29) is 12.5 Å². The van der Waals surface area contributed by atoms with Crippen molar-refractivity contribution in [3.8, 4) is 0 Å². The molecule has 1 N–H and O–H groups in total. The Morgan fingerprint density at radius 3 is 1.86 bits per heavy atom. The quantitative estimate of drug-likeness (QED) is 0.104. The van der Waals surface area contributed by atoms with Crippen molar-refractivity contribution in [3.63, 3.8) is 0 Å². The molecular formula is C41H52N2O6. The van der Waals surface area contributed by atoms with Crippen molar-refractivity contribution in [2.45, 2.75) is 63.6 Å². The topological polar surface area (TPSA) is 88.5 Å². The molecule has 1 saturated heterocycles. The van der Waals surface area contributed by atoms with E-state index < -0.39 is 18.2 Å². The molecule has 0 saturated carbocycles. The number of ether oxygens (including phenoxy) is 3. The molecule has 4 aromatic rings. The monoisotopic (exact) mass is 668 g/mol. The van der Waals surface area contributed by atoms with Gasteiger partial charge in [0, 0.05) is 39.8 Å². The number of hydrogen-bond acceptors (Lipinski definition) is 6. The number of benzene rings is 4. The number of rotatable bonds is 20. The molecule has 0 spiro atoms. The van der Waals surface area contributed by atoms with Crippen molar-refractivity contribution in [2.75, 3.05) is 59.7 Å². The molecule has 8 heteroatoms. The number of carboxylic acid groups (broad SMARTS) is 1. The Morgan fingerprint density at radius 1 is 0.714 bits per heavy atom. The predicted octanol–water partition coefficient (Wildman–Crippen LogP) is 6.76. The van der Waals surface area contributed by atoms with Gasteiger partial charge in [0.15, 0.2) is 12.2 Å². The number of nitrogens with zero attached hydrogens (tertiary/aromatic N) is 2. The molecule has 0 radical (unpaired) electrons. The zero-order chi connectivity index (χ0) is 34.3. The number of hydrogen-bond donors (Lipinski definition) is 1. The van der Waals surface area contributed by atoms with Crippen LogP contribution in [-0.2, 0) is 36.6 Å². The van der Waals surface area contributed by atoms with Crippen molar-refractivity contribution in [3.05, 3.63) is 96.1 Å². The Hall–Kier alpha value is -3.82. The van der Waals surface area contributed by atoms with Gasteiger partial charge in [-0.1, -0.05) is 97.8 Å². The Bertz CT molecular complexity index is 1620. The van der Waals surface area contributed by atoms with E-state index in [4.69, 9.17) is 14.2 Å². The van der Waals surface area contributed by atoms with E-state index in [9.17, 15) is 14.7 Å². The van der Waals surface area contributed by atoms with Crippen molar-refractivity contribution in [2.24, 2.45) is 0 Å². The summed E-state index contributed by atoms with van der Waals surface area (Å²) < 4.78 is 17.4. The fraction of sp³-hybridized carbons (Fsp3) is 0.463. The summed E-state index contributed by atoms with van der Waals surface area (Å²) in [7, 11) is 1.73. The Labute approximate surface area is 290 Å². The first-order valence-electron chi connectivity index (χ1n) is 17.9. The Morgan fingerprint density at radius 2 is 1.27 bits per heavy atom. The summed E-state index contributed by atoms with van der Waals surface area (Å²) in [5, 5.41) is 15.1. The van der Waals surface area contributed by atoms with Crippen LogP contribution >= 0.6 is 0 Å². The fourth-order valence-corrected chi connectivity index (χ4v) is 6.50. The molecule has 1 amide bonds. The highest BCUT2D eigenvalue weighted by Crippen LogP contribution is 2.19. The van der Waals surface area contributed by atoms with Crippen LogP contribution in [0.3, 0.4) is 0 Å². The third kappa shape index (κ3) is 11.4. The lowest BCUT2D eigenvalue weighted by Gasteiger charge is -2.30. The highest BCUT2D eigenvalue weighted by Gasteiger charge is 2.37. The molecule has 1 aliphatic rings. The summed E-state index contributed by atoms with van der Waals surface area (Å²) in [5.41, 5.74) is 2.61. The minimum absolute atomic E-state index is 0.203. The molecule has 0 aromatic heterocycles. The van der Waals surface area contributed by atoms with E-state index >= 15 is 0 Å². The minimum atomic E-state index is -1.37. The van der Waals surface area contributed by atoms with Gasteiger partial charge in [-0.05, 0) is 71.2 Å². The van der Waals surface area contributed by atoms with E-state index in [1.807, 2.05) is 0 Å². The minimum Gasteiger partial charge on any atom is -0.479 e. The number of unbranched alkanes of at least 4 members (excludes halogenated alkanes) is 4. The number of amides is 1. The lowest BCUT2D eigenvalue weighted by Crippen LogP contribution is -2.50. The maximum Gasteiger partial charge on any atom is 0.336 e. The maximum atomic E-state index is 13.7. The molecule has 1 aliphatic heterocycles. The van der Waals surface area contributed by atoms with Crippen LogP contribution in [0.4, 0.5) is 0 Å². The van der Waals surface area contributed by atoms with Crippen LogP contribution in [0.5, 0.6) is 0 Å². The number of carbonyl (C=O) groups is 2. The van der Waals surface area contributed by atoms with E-state index in [1.54, 1.807) is 11.9 Å². The number of morpholine rings is 1. The summed E-state index contributed by atoms with van der Waals surface area (Å²) in [6.45, 7) is 4.48. The largest absolute Gasteiger partial charge is 0.479 e. The second-order valence-electron chi connectivity index (χ2n) is 13.1. The number of carboxylic acids is 1. The second kappa shape index (κ2) is 19.4. The lowest BCUT2D eigenvalue weighted by molar-refractivity contribution is -0.173. The standard InChI is InChI=1S/C41H52N2O6/c1-42(22-10-2-4-12-32-18-20-34-14-6-8-16-36(34)30-32)40(44)38(39(41(45)46)49-29-25-43-23-27-47-28-24-43)48-26-11-3-5-13-33-19-21-35-15-7-9-17-37(35)31-33/h6-9,14-21,30-31,38-39H,2-5,10-13,22-29H2,1H3,(H,45,46). The number of likely N-dealkylation sites (N-methyl/N-ethyl adjacent to an activating group) is 1. The molecule has 1 fully saturated rings. The highest BCUT2D eigenvalue weighted by molar-refractivity contribution is 5.88. The summed E-state index contributed by atoms with van der Waals surface area (Å²) in [6.07, 6.45) is 4.79. The van der Waals surface area contributed by atoms with Crippen LogP contribution in [0.25, 0.3) is 21.5 Å². The van der Waals surface area contributed by atoms with Crippen LogP contribution in [-0.4, -0.2) is 98.6 Å².